The van der Waals surface area contributed by atoms with Crippen molar-refractivity contribution < 1.29 is 4.79 Å². The third kappa shape index (κ3) is 4.22. The quantitative estimate of drug-likeness (QED) is 0.748. The molecule has 17 heavy (non-hydrogen) atoms. The Morgan fingerprint density at radius 1 is 1.59 bits per heavy atom. The van der Waals surface area contributed by atoms with Crippen LogP contribution in [0.3, 0.4) is 0 Å². The van der Waals surface area contributed by atoms with Crippen LogP contribution in [-0.4, -0.2) is 23.5 Å². The summed E-state index contributed by atoms with van der Waals surface area (Å²) < 4.78 is 0. The number of hydrogen-bond donors (Lipinski definition) is 3. The Hall–Kier alpha value is -0.710. The lowest BCUT2D eigenvalue weighted by Gasteiger charge is -2.15. The standard InChI is InChI=1S/C11H17Cl2N3O/c1-2-3-4-7(6-14)15-11(17)9-5-8(12)10(13)16-9/h5,7,16H,2-4,6,14H2,1H3,(H,15,17). The van der Waals surface area contributed by atoms with Crippen molar-refractivity contribution in [3.63, 3.8) is 0 Å². The number of amides is 1. The second-order valence-electron chi connectivity index (χ2n) is 3.89. The average Bonchev–Trinajstić information content (AvgIpc) is 2.65. The third-order valence-corrected chi connectivity index (χ3v) is 3.19. The first kappa shape index (κ1) is 14.4. The number of hydrogen-bond acceptors (Lipinski definition) is 2. The highest BCUT2D eigenvalue weighted by Crippen LogP contribution is 2.21. The molecule has 0 aromatic carbocycles. The zero-order valence-corrected chi connectivity index (χ0v) is 11.2. The molecule has 0 aliphatic carbocycles. The minimum Gasteiger partial charge on any atom is -0.347 e. The van der Waals surface area contributed by atoms with Gasteiger partial charge < -0.3 is 16.0 Å². The van der Waals surface area contributed by atoms with Gasteiger partial charge in [0.05, 0.1) is 5.02 Å². The Bertz CT molecular complexity index is 359. The van der Waals surface area contributed by atoms with Crippen LogP contribution in [0.1, 0.15) is 36.7 Å². The zero-order chi connectivity index (χ0) is 12.8. The predicted octanol–water partition coefficient (Wildman–Crippen LogP) is 2.57. The van der Waals surface area contributed by atoms with Crippen molar-refractivity contribution in [2.24, 2.45) is 5.73 Å². The van der Waals surface area contributed by atoms with E-state index in [0.717, 1.165) is 19.3 Å². The number of rotatable bonds is 6. The number of unbranched alkanes of at least 4 members (excludes halogenated alkanes) is 1. The van der Waals surface area contributed by atoms with Gasteiger partial charge in [0.15, 0.2) is 0 Å². The Morgan fingerprint density at radius 3 is 2.76 bits per heavy atom. The maximum Gasteiger partial charge on any atom is 0.268 e. The second-order valence-corrected chi connectivity index (χ2v) is 4.68. The van der Waals surface area contributed by atoms with Crippen molar-refractivity contribution in [3.05, 3.63) is 21.9 Å². The first-order valence-electron chi connectivity index (χ1n) is 5.63. The predicted molar refractivity (Wildman–Crippen MR) is 70.6 cm³/mol. The minimum absolute atomic E-state index is 0.0108. The van der Waals surface area contributed by atoms with E-state index in [1.54, 1.807) is 0 Å². The fourth-order valence-corrected chi connectivity index (χ4v) is 1.80. The molecule has 1 aromatic rings. The summed E-state index contributed by atoms with van der Waals surface area (Å²) >= 11 is 11.5. The van der Waals surface area contributed by atoms with Crippen LogP contribution in [0.4, 0.5) is 0 Å². The van der Waals surface area contributed by atoms with Crippen LogP contribution < -0.4 is 11.1 Å². The fourth-order valence-electron chi connectivity index (χ4n) is 1.49. The van der Waals surface area contributed by atoms with Crippen molar-refractivity contribution >= 4 is 29.1 Å². The number of aromatic nitrogens is 1. The van der Waals surface area contributed by atoms with Crippen molar-refractivity contribution in [1.82, 2.24) is 10.3 Å². The summed E-state index contributed by atoms with van der Waals surface area (Å²) in [4.78, 5) is 14.5. The van der Waals surface area contributed by atoms with Gasteiger partial charge in [0, 0.05) is 12.6 Å². The Balaban J connectivity index is 2.58. The number of aromatic amines is 1. The molecule has 0 saturated heterocycles. The highest BCUT2D eigenvalue weighted by Gasteiger charge is 2.15. The largest absolute Gasteiger partial charge is 0.347 e. The maximum atomic E-state index is 11.8. The molecule has 1 aromatic heterocycles. The molecule has 0 spiro atoms. The molecule has 1 rings (SSSR count). The Morgan fingerprint density at radius 2 is 2.29 bits per heavy atom. The first-order chi connectivity index (χ1) is 8.08. The van der Waals surface area contributed by atoms with Crippen molar-refractivity contribution in [3.8, 4) is 0 Å². The van der Waals surface area contributed by atoms with Crippen LogP contribution in [0.15, 0.2) is 6.07 Å². The number of nitrogens with one attached hydrogen (secondary N) is 2. The third-order valence-electron chi connectivity index (χ3n) is 2.50. The Kier molecular flexibility index (Phi) is 5.82. The van der Waals surface area contributed by atoms with Gasteiger partial charge in [-0.15, -0.1) is 0 Å². The van der Waals surface area contributed by atoms with E-state index in [9.17, 15) is 4.79 Å². The summed E-state index contributed by atoms with van der Waals surface area (Å²) in [5.41, 5.74) is 5.95. The Labute approximate surface area is 111 Å². The molecule has 0 aliphatic heterocycles. The number of H-pyrrole nitrogens is 1. The van der Waals surface area contributed by atoms with E-state index in [-0.39, 0.29) is 17.1 Å². The summed E-state index contributed by atoms with van der Waals surface area (Å²) in [5.74, 6) is -0.231. The molecular weight excluding hydrogens is 261 g/mol. The van der Waals surface area contributed by atoms with Gasteiger partial charge in [-0.3, -0.25) is 4.79 Å². The molecule has 1 amide bonds. The van der Waals surface area contributed by atoms with E-state index < -0.39 is 0 Å². The van der Waals surface area contributed by atoms with E-state index in [2.05, 4.69) is 17.2 Å². The molecule has 6 heteroatoms. The molecular formula is C11H17Cl2N3O. The summed E-state index contributed by atoms with van der Waals surface area (Å²) in [6.45, 7) is 2.52. The summed E-state index contributed by atoms with van der Waals surface area (Å²) in [5, 5.41) is 3.46. The fraction of sp³-hybridized carbons (Fsp3) is 0.545. The number of nitrogens with two attached hydrogens (primary N) is 1. The minimum atomic E-state index is -0.231. The maximum absolute atomic E-state index is 11.8. The van der Waals surface area contributed by atoms with Gasteiger partial charge in [0.2, 0.25) is 0 Å². The highest BCUT2D eigenvalue weighted by atomic mass is 35.5. The topological polar surface area (TPSA) is 70.9 Å². The first-order valence-corrected chi connectivity index (χ1v) is 6.39. The van der Waals surface area contributed by atoms with Crippen LogP contribution in [0.25, 0.3) is 0 Å². The molecule has 1 unspecified atom stereocenters. The van der Waals surface area contributed by atoms with Crippen molar-refractivity contribution in [2.45, 2.75) is 32.2 Å². The zero-order valence-electron chi connectivity index (χ0n) is 9.72. The van der Waals surface area contributed by atoms with Gasteiger partial charge in [-0.2, -0.15) is 0 Å². The van der Waals surface area contributed by atoms with Crippen LogP contribution in [0, 0.1) is 0 Å². The van der Waals surface area contributed by atoms with Crippen molar-refractivity contribution in [1.29, 1.82) is 0 Å². The van der Waals surface area contributed by atoms with Crippen molar-refractivity contribution in [2.75, 3.05) is 6.54 Å². The number of carbonyl (C=O) groups is 1. The summed E-state index contributed by atoms with van der Waals surface area (Å²) in [6, 6.07) is 1.50. The molecule has 0 aliphatic rings. The highest BCUT2D eigenvalue weighted by molar-refractivity contribution is 6.41. The molecule has 0 fully saturated rings. The van der Waals surface area contributed by atoms with Gasteiger partial charge in [0.25, 0.3) is 5.91 Å². The summed E-state index contributed by atoms with van der Waals surface area (Å²) in [6.07, 6.45) is 2.99. The van der Waals surface area contributed by atoms with E-state index in [4.69, 9.17) is 28.9 Å². The molecule has 4 nitrogen and oxygen atoms in total. The van der Waals surface area contributed by atoms with Gasteiger partial charge in [-0.25, -0.2) is 0 Å². The van der Waals surface area contributed by atoms with Crippen LogP contribution in [0.2, 0.25) is 10.2 Å². The SMILES string of the molecule is CCCCC(CN)NC(=O)c1cc(Cl)c(Cl)[nH]1. The smallest absolute Gasteiger partial charge is 0.268 e. The van der Waals surface area contributed by atoms with Gasteiger partial charge in [-0.05, 0) is 12.5 Å². The monoisotopic (exact) mass is 277 g/mol. The number of halogens is 2. The van der Waals surface area contributed by atoms with E-state index in [1.807, 2.05) is 0 Å². The molecule has 1 heterocycles. The van der Waals surface area contributed by atoms with Crippen LogP contribution in [-0.2, 0) is 0 Å². The van der Waals surface area contributed by atoms with Gasteiger partial charge >= 0.3 is 0 Å². The summed E-state index contributed by atoms with van der Waals surface area (Å²) in [7, 11) is 0. The van der Waals surface area contributed by atoms with E-state index in [1.165, 1.54) is 6.07 Å². The van der Waals surface area contributed by atoms with E-state index in [0.29, 0.717) is 17.3 Å². The van der Waals surface area contributed by atoms with Crippen LogP contribution >= 0.6 is 23.2 Å². The molecule has 0 radical (unpaired) electrons. The van der Waals surface area contributed by atoms with Gasteiger partial charge in [0.1, 0.15) is 10.8 Å². The number of carbonyl (C=O) groups excluding carboxylic acids is 1. The second kappa shape index (κ2) is 6.89. The average molecular weight is 278 g/mol. The van der Waals surface area contributed by atoms with Crippen LogP contribution in [0.5, 0.6) is 0 Å². The molecule has 0 saturated carbocycles. The molecule has 96 valence electrons. The molecule has 4 N–H and O–H groups in total. The van der Waals surface area contributed by atoms with E-state index >= 15 is 0 Å². The lowest BCUT2D eigenvalue weighted by molar-refractivity contribution is 0.0931. The normalized spacial score (nSPS) is 12.5. The lowest BCUT2D eigenvalue weighted by Crippen LogP contribution is -2.40. The molecule has 1 atom stereocenters. The molecule has 0 bridgehead atoms. The van der Waals surface area contributed by atoms with Gasteiger partial charge in [-0.1, -0.05) is 43.0 Å². The lowest BCUT2D eigenvalue weighted by atomic mass is 10.1.